The molecule has 1 saturated heterocycles. The molecule has 0 spiro atoms. The van der Waals surface area contributed by atoms with Crippen LogP contribution in [0.4, 0.5) is 0 Å². The van der Waals surface area contributed by atoms with Crippen LogP contribution in [0.15, 0.2) is 12.3 Å². The summed E-state index contributed by atoms with van der Waals surface area (Å²) in [5.41, 5.74) is 0.370. The Labute approximate surface area is 117 Å². The zero-order chi connectivity index (χ0) is 14.7. The number of aliphatic hydroxyl groups is 1. The van der Waals surface area contributed by atoms with Gasteiger partial charge in [-0.1, -0.05) is 6.92 Å². The van der Waals surface area contributed by atoms with Crippen LogP contribution < -0.4 is 5.32 Å². The summed E-state index contributed by atoms with van der Waals surface area (Å²) in [5.74, 6) is -0.428. The molecular weight excluding hydrogens is 260 g/mol. The third-order valence-corrected chi connectivity index (χ3v) is 3.28. The molecular formula is C13H20N4O3. The second-order valence-electron chi connectivity index (χ2n) is 5.05. The third-order valence-electron chi connectivity index (χ3n) is 3.28. The van der Waals surface area contributed by atoms with Crippen molar-refractivity contribution in [2.75, 3.05) is 13.1 Å². The number of nitrogens with zero attached hydrogens (tertiary/aromatic N) is 3. The van der Waals surface area contributed by atoms with Gasteiger partial charge in [-0.15, -0.1) is 0 Å². The lowest BCUT2D eigenvalue weighted by Gasteiger charge is -2.15. The summed E-state index contributed by atoms with van der Waals surface area (Å²) < 4.78 is 1.73. The SMILES string of the molecule is CCCn1ccc(C(=O)N2C[C@@H](O)[C@H](NC(C)=O)C2)n1. The number of carbonyl (C=O) groups is 2. The maximum atomic E-state index is 12.3. The topological polar surface area (TPSA) is 87.5 Å². The molecule has 1 aliphatic rings. The molecule has 2 amide bonds. The van der Waals surface area contributed by atoms with Crippen molar-refractivity contribution in [3.63, 3.8) is 0 Å². The van der Waals surface area contributed by atoms with Crippen LogP contribution in [0.2, 0.25) is 0 Å². The Bertz CT molecular complexity index is 500. The highest BCUT2D eigenvalue weighted by atomic mass is 16.3. The highest BCUT2D eigenvalue weighted by Gasteiger charge is 2.35. The molecule has 7 heteroatoms. The molecule has 20 heavy (non-hydrogen) atoms. The summed E-state index contributed by atoms with van der Waals surface area (Å²) in [7, 11) is 0. The highest BCUT2D eigenvalue weighted by molar-refractivity contribution is 5.92. The lowest BCUT2D eigenvalue weighted by atomic mass is 10.2. The van der Waals surface area contributed by atoms with E-state index in [1.807, 2.05) is 6.92 Å². The second-order valence-corrected chi connectivity index (χ2v) is 5.05. The van der Waals surface area contributed by atoms with E-state index >= 15 is 0 Å². The molecule has 2 N–H and O–H groups in total. The molecule has 7 nitrogen and oxygen atoms in total. The Hall–Kier alpha value is -1.89. The molecule has 2 heterocycles. The molecule has 0 unspecified atom stereocenters. The van der Waals surface area contributed by atoms with Gasteiger partial charge in [-0.05, 0) is 12.5 Å². The monoisotopic (exact) mass is 280 g/mol. The second kappa shape index (κ2) is 6.04. The predicted molar refractivity (Wildman–Crippen MR) is 72.0 cm³/mol. The van der Waals surface area contributed by atoms with Crippen LogP contribution >= 0.6 is 0 Å². The van der Waals surface area contributed by atoms with Crippen LogP contribution in [0.5, 0.6) is 0 Å². The minimum atomic E-state index is -0.736. The summed E-state index contributed by atoms with van der Waals surface area (Å²) in [4.78, 5) is 24.8. The van der Waals surface area contributed by atoms with Crippen LogP contribution in [0.25, 0.3) is 0 Å². The van der Waals surface area contributed by atoms with E-state index in [-0.39, 0.29) is 18.4 Å². The van der Waals surface area contributed by atoms with Crippen LogP contribution in [-0.2, 0) is 11.3 Å². The van der Waals surface area contributed by atoms with Gasteiger partial charge < -0.3 is 15.3 Å². The van der Waals surface area contributed by atoms with E-state index in [0.717, 1.165) is 13.0 Å². The normalized spacial score (nSPS) is 22.1. The van der Waals surface area contributed by atoms with Gasteiger partial charge >= 0.3 is 0 Å². The highest BCUT2D eigenvalue weighted by Crippen LogP contribution is 2.13. The number of hydrogen-bond acceptors (Lipinski definition) is 4. The van der Waals surface area contributed by atoms with Gasteiger partial charge in [-0.3, -0.25) is 14.3 Å². The molecule has 0 radical (unpaired) electrons. The van der Waals surface area contributed by atoms with E-state index in [2.05, 4.69) is 10.4 Å². The van der Waals surface area contributed by atoms with Crippen molar-refractivity contribution in [2.45, 2.75) is 39.0 Å². The van der Waals surface area contributed by atoms with Gasteiger partial charge in [0, 0.05) is 32.8 Å². The Morgan fingerprint density at radius 3 is 2.90 bits per heavy atom. The lowest BCUT2D eigenvalue weighted by Crippen LogP contribution is -2.41. The number of aryl methyl sites for hydroxylation is 1. The molecule has 0 aliphatic carbocycles. The van der Waals surface area contributed by atoms with Crippen molar-refractivity contribution in [1.82, 2.24) is 20.0 Å². The van der Waals surface area contributed by atoms with Crippen LogP contribution in [0.1, 0.15) is 30.8 Å². The summed E-state index contributed by atoms with van der Waals surface area (Å²) in [5, 5.41) is 16.7. The first-order valence-electron chi connectivity index (χ1n) is 6.79. The number of amides is 2. The number of nitrogens with one attached hydrogen (secondary N) is 1. The van der Waals surface area contributed by atoms with Crippen molar-refractivity contribution >= 4 is 11.8 Å². The van der Waals surface area contributed by atoms with Gasteiger partial charge in [0.1, 0.15) is 5.69 Å². The average molecular weight is 280 g/mol. The van der Waals surface area contributed by atoms with Crippen molar-refractivity contribution < 1.29 is 14.7 Å². The van der Waals surface area contributed by atoms with Crippen molar-refractivity contribution in [2.24, 2.45) is 0 Å². The van der Waals surface area contributed by atoms with Crippen molar-refractivity contribution in [3.05, 3.63) is 18.0 Å². The zero-order valence-electron chi connectivity index (χ0n) is 11.7. The number of hydrogen-bond donors (Lipinski definition) is 2. The van der Waals surface area contributed by atoms with E-state index in [1.165, 1.54) is 11.8 Å². The fourth-order valence-corrected chi connectivity index (χ4v) is 2.35. The molecule has 110 valence electrons. The van der Waals surface area contributed by atoms with Gasteiger partial charge in [-0.2, -0.15) is 5.10 Å². The van der Waals surface area contributed by atoms with Gasteiger partial charge in [0.15, 0.2) is 0 Å². The Kier molecular flexibility index (Phi) is 4.39. The van der Waals surface area contributed by atoms with Crippen LogP contribution in [0, 0.1) is 0 Å². The molecule has 0 saturated carbocycles. The standard InChI is InChI=1S/C13H20N4O3/c1-3-5-17-6-4-10(15-17)13(20)16-7-11(12(19)8-16)14-9(2)18/h4,6,11-12,19H,3,5,7-8H2,1-2H3,(H,14,18)/t11-,12-/m1/s1. The minimum Gasteiger partial charge on any atom is -0.389 e. The molecule has 0 bridgehead atoms. The number of likely N-dealkylation sites (tertiary alicyclic amines) is 1. The maximum absolute atomic E-state index is 12.3. The number of carbonyl (C=O) groups excluding carboxylic acids is 2. The van der Waals surface area contributed by atoms with E-state index in [1.54, 1.807) is 16.9 Å². The van der Waals surface area contributed by atoms with Crippen molar-refractivity contribution in [3.8, 4) is 0 Å². The summed E-state index contributed by atoms with van der Waals surface area (Å²) >= 11 is 0. The van der Waals surface area contributed by atoms with E-state index in [0.29, 0.717) is 12.2 Å². The number of aliphatic hydroxyl groups excluding tert-OH is 1. The fourth-order valence-electron chi connectivity index (χ4n) is 2.35. The quantitative estimate of drug-likeness (QED) is 0.786. The van der Waals surface area contributed by atoms with Crippen LogP contribution in [-0.4, -0.2) is 56.8 Å². The Morgan fingerprint density at radius 1 is 1.50 bits per heavy atom. The van der Waals surface area contributed by atoms with Gasteiger partial charge in [0.25, 0.3) is 5.91 Å². The predicted octanol–water partition coefficient (Wildman–Crippen LogP) is -0.385. The van der Waals surface area contributed by atoms with Gasteiger partial charge in [0.2, 0.25) is 5.91 Å². The fraction of sp³-hybridized carbons (Fsp3) is 0.615. The molecule has 1 aromatic rings. The van der Waals surface area contributed by atoms with Gasteiger partial charge in [-0.25, -0.2) is 0 Å². The first-order valence-corrected chi connectivity index (χ1v) is 6.79. The first-order chi connectivity index (χ1) is 9.51. The molecule has 2 rings (SSSR count). The van der Waals surface area contributed by atoms with Gasteiger partial charge in [0.05, 0.1) is 12.1 Å². The molecule has 1 fully saturated rings. The number of rotatable bonds is 4. The summed E-state index contributed by atoms with van der Waals surface area (Å²) in [6.45, 7) is 4.72. The molecule has 1 aromatic heterocycles. The maximum Gasteiger partial charge on any atom is 0.274 e. The van der Waals surface area contributed by atoms with E-state index in [4.69, 9.17) is 0 Å². The van der Waals surface area contributed by atoms with Crippen LogP contribution in [0.3, 0.4) is 0 Å². The summed E-state index contributed by atoms with van der Waals surface area (Å²) in [6.07, 6.45) is 1.98. The molecule has 2 atom stereocenters. The Morgan fingerprint density at radius 2 is 2.25 bits per heavy atom. The lowest BCUT2D eigenvalue weighted by molar-refractivity contribution is -0.120. The third kappa shape index (κ3) is 3.16. The van der Waals surface area contributed by atoms with E-state index in [9.17, 15) is 14.7 Å². The van der Waals surface area contributed by atoms with Crippen molar-refractivity contribution in [1.29, 1.82) is 0 Å². The largest absolute Gasteiger partial charge is 0.389 e. The first kappa shape index (κ1) is 14.5. The average Bonchev–Trinajstić information content (AvgIpc) is 2.97. The number of aromatic nitrogens is 2. The number of β-amino-alcohol motifs (C(OH)–C–C–N with tert-alkyl or cyclic N) is 1. The summed E-state index contributed by atoms with van der Waals surface area (Å²) in [6, 6.07) is 1.27. The zero-order valence-corrected chi connectivity index (χ0v) is 11.7. The minimum absolute atomic E-state index is 0.212. The molecule has 1 aliphatic heterocycles. The van der Waals surface area contributed by atoms with E-state index < -0.39 is 12.1 Å². The smallest absolute Gasteiger partial charge is 0.274 e. The Balaban J connectivity index is 2.00. The molecule has 0 aromatic carbocycles.